The number of nitrogens with one attached hydrogen (secondary N) is 1. The largest absolute Gasteiger partial charge is 0.349 e. The molecule has 1 N–H and O–H groups in total. The van der Waals surface area contributed by atoms with Crippen molar-refractivity contribution in [3.63, 3.8) is 0 Å². The van der Waals surface area contributed by atoms with Crippen molar-refractivity contribution in [1.29, 1.82) is 0 Å². The molecule has 1 amide bonds. The molecule has 0 unspecified atom stereocenters. The third-order valence-electron chi connectivity index (χ3n) is 5.55. The van der Waals surface area contributed by atoms with Gasteiger partial charge in [-0.05, 0) is 44.2 Å². The normalized spacial score (nSPS) is 24.8. The van der Waals surface area contributed by atoms with Gasteiger partial charge in [-0.25, -0.2) is 8.42 Å². The van der Waals surface area contributed by atoms with Crippen LogP contribution in [0.3, 0.4) is 0 Å². The fraction of sp³-hybridized carbons (Fsp3) is 0.550. The zero-order valence-corrected chi connectivity index (χ0v) is 16.4. The van der Waals surface area contributed by atoms with Crippen LogP contribution in [-0.4, -0.2) is 37.8 Å². The molecule has 1 aromatic rings. The Bertz CT molecular complexity index is 784. The van der Waals surface area contributed by atoms with Gasteiger partial charge in [0.05, 0.1) is 4.90 Å². The minimum Gasteiger partial charge on any atom is -0.349 e. The Morgan fingerprint density at radius 2 is 1.85 bits per heavy atom. The molecule has 1 aliphatic carbocycles. The molecule has 0 saturated heterocycles. The average molecular weight is 377 g/mol. The molecule has 0 aromatic heterocycles. The minimum atomic E-state index is -3.51. The summed E-state index contributed by atoms with van der Waals surface area (Å²) in [6.45, 7) is 4.71. The summed E-state index contributed by atoms with van der Waals surface area (Å²) in [4.78, 5) is 12.8. The molecule has 0 spiro atoms. The lowest BCUT2D eigenvalue weighted by molar-refractivity contribution is -0.119. The number of amides is 1. The molecule has 1 heterocycles. The lowest BCUT2D eigenvalue weighted by Gasteiger charge is -2.31. The topological polar surface area (TPSA) is 66.5 Å². The van der Waals surface area contributed by atoms with Crippen molar-refractivity contribution in [3.05, 3.63) is 41.5 Å². The summed E-state index contributed by atoms with van der Waals surface area (Å²) in [5.74, 6) is 0.478. The Kier molecular flexibility index (Phi) is 5.82. The quantitative estimate of drug-likeness (QED) is 0.878. The molecule has 142 valence electrons. The second kappa shape index (κ2) is 7.92. The van der Waals surface area contributed by atoms with Crippen LogP contribution in [0.25, 0.3) is 0 Å². The third-order valence-corrected chi connectivity index (χ3v) is 7.43. The summed E-state index contributed by atoms with van der Waals surface area (Å²) in [6.07, 6.45) is 6.82. The van der Waals surface area contributed by atoms with E-state index in [2.05, 4.69) is 12.2 Å². The Hall–Kier alpha value is -1.66. The molecule has 1 saturated carbocycles. The van der Waals surface area contributed by atoms with Gasteiger partial charge in [0.2, 0.25) is 15.9 Å². The summed E-state index contributed by atoms with van der Waals surface area (Å²) in [5.41, 5.74) is 1.73. The van der Waals surface area contributed by atoms with Crippen LogP contribution in [0.1, 0.15) is 44.6 Å². The van der Waals surface area contributed by atoms with E-state index in [1.807, 2.05) is 6.92 Å². The van der Waals surface area contributed by atoms with E-state index in [4.69, 9.17) is 0 Å². The van der Waals surface area contributed by atoms with Crippen LogP contribution in [0.2, 0.25) is 0 Å². The third kappa shape index (κ3) is 4.18. The fourth-order valence-electron chi connectivity index (χ4n) is 3.73. The van der Waals surface area contributed by atoms with Gasteiger partial charge in [-0.3, -0.25) is 4.79 Å². The molecule has 1 fully saturated rings. The van der Waals surface area contributed by atoms with E-state index < -0.39 is 10.0 Å². The number of hydrogen-bond donors (Lipinski definition) is 1. The van der Waals surface area contributed by atoms with Gasteiger partial charge in [0, 0.05) is 24.7 Å². The van der Waals surface area contributed by atoms with Crippen molar-refractivity contribution in [2.45, 2.75) is 56.9 Å². The first-order chi connectivity index (χ1) is 12.4. The van der Waals surface area contributed by atoms with Crippen molar-refractivity contribution in [1.82, 2.24) is 9.62 Å². The Labute approximate surface area is 156 Å². The lowest BCUT2D eigenvalue weighted by Crippen LogP contribution is -2.43. The van der Waals surface area contributed by atoms with Crippen LogP contribution >= 0.6 is 0 Å². The number of carbonyl (C=O) groups is 1. The summed E-state index contributed by atoms with van der Waals surface area (Å²) in [6, 6.07) is 7.13. The number of nitrogens with zero attached hydrogens (tertiary/aromatic N) is 1. The van der Waals surface area contributed by atoms with Crippen molar-refractivity contribution >= 4 is 15.9 Å². The summed E-state index contributed by atoms with van der Waals surface area (Å²) in [7, 11) is -3.51. The van der Waals surface area contributed by atoms with Crippen molar-refractivity contribution in [2.75, 3.05) is 13.1 Å². The molecule has 2 atom stereocenters. The predicted molar refractivity (Wildman–Crippen MR) is 102 cm³/mol. The van der Waals surface area contributed by atoms with Crippen molar-refractivity contribution < 1.29 is 13.2 Å². The van der Waals surface area contributed by atoms with Crippen LogP contribution in [0.15, 0.2) is 40.8 Å². The lowest BCUT2D eigenvalue weighted by atomic mass is 9.85. The molecule has 1 aromatic carbocycles. The minimum absolute atomic E-state index is 0.0314. The smallest absolute Gasteiger partial charge is 0.247 e. The van der Waals surface area contributed by atoms with Crippen molar-refractivity contribution in [2.24, 2.45) is 5.92 Å². The van der Waals surface area contributed by atoms with Gasteiger partial charge < -0.3 is 5.32 Å². The maximum absolute atomic E-state index is 12.7. The summed E-state index contributed by atoms with van der Waals surface area (Å²) < 4.78 is 26.9. The van der Waals surface area contributed by atoms with E-state index in [1.165, 1.54) is 10.7 Å². The van der Waals surface area contributed by atoms with Crippen molar-refractivity contribution in [3.8, 4) is 0 Å². The van der Waals surface area contributed by atoms with Gasteiger partial charge in [0.1, 0.15) is 0 Å². The van der Waals surface area contributed by atoms with E-state index in [-0.39, 0.29) is 18.5 Å². The van der Waals surface area contributed by atoms with E-state index in [0.717, 1.165) is 24.8 Å². The molecule has 1 aliphatic heterocycles. The zero-order chi connectivity index (χ0) is 18.7. The highest BCUT2D eigenvalue weighted by molar-refractivity contribution is 7.89. The number of benzene rings is 1. The molecule has 6 heteroatoms. The number of hydrogen-bond acceptors (Lipinski definition) is 3. The molecule has 2 aliphatic rings. The Morgan fingerprint density at radius 1 is 1.15 bits per heavy atom. The fourth-order valence-corrected chi connectivity index (χ4v) is 5.11. The van der Waals surface area contributed by atoms with E-state index in [9.17, 15) is 13.2 Å². The number of carbonyl (C=O) groups excluding carboxylic acids is 1. The number of sulfonamides is 1. The van der Waals surface area contributed by atoms with Gasteiger partial charge in [-0.1, -0.05) is 43.5 Å². The van der Waals surface area contributed by atoms with Crippen LogP contribution in [0.5, 0.6) is 0 Å². The van der Waals surface area contributed by atoms with Gasteiger partial charge in [-0.2, -0.15) is 4.31 Å². The van der Waals surface area contributed by atoms with Crippen LogP contribution in [0.4, 0.5) is 0 Å². The van der Waals surface area contributed by atoms with Crippen LogP contribution < -0.4 is 5.32 Å². The second-order valence-electron chi connectivity index (χ2n) is 7.50. The van der Waals surface area contributed by atoms with Gasteiger partial charge >= 0.3 is 0 Å². The zero-order valence-electron chi connectivity index (χ0n) is 15.6. The first-order valence-corrected chi connectivity index (χ1v) is 10.9. The Morgan fingerprint density at radius 3 is 2.46 bits per heavy atom. The number of aryl methyl sites for hydroxylation is 1. The predicted octanol–water partition coefficient (Wildman–Crippen LogP) is 3.01. The molecular formula is C20H28N2O3S. The monoisotopic (exact) mass is 376 g/mol. The molecule has 0 radical (unpaired) electrons. The maximum atomic E-state index is 12.7. The van der Waals surface area contributed by atoms with E-state index in [1.54, 1.807) is 30.3 Å². The molecule has 5 nitrogen and oxygen atoms in total. The highest BCUT2D eigenvalue weighted by atomic mass is 32.2. The second-order valence-corrected chi connectivity index (χ2v) is 9.44. The highest BCUT2D eigenvalue weighted by Gasteiger charge is 2.29. The molecule has 26 heavy (non-hydrogen) atoms. The maximum Gasteiger partial charge on any atom is 0.247 e. The van der Waals surface area contributed by atoms with Gasteiger partial charge in [-0.15, -0.1) is 0 Å². The SMILES string of the molecule is Cc1ccc(S(=O)(=O)N2CC=C(C(=O)N[C@H]3CCCC[C@@H]3C)CC2)cc1. The number of rotatable bonds is 4. The van der Waals surface area contributed by atoms with Crippen LogP contribution in [0, 0.1) is 12.8 Å². The van der Waals surface area contributed by atoms with Gasteiger partial charge in [0.15, 0.2) is 0 Å². The first-order valence-electron chi connectivity index (χ1n) is 9.44. The first kappa shape index (κ1) is 19.1. The van der Waals surface area contributed by atoms with E-state index >= 15 is 0 Å². The molecular weight excluding hydrogens is 348 g/mol. The van der Waals surface area contributed by atoms with Crippen LogP contribution in [-0.2, 0) is 14.8 Å². The standard InChI is InChI=1S/C20H28N2O3S/c1-15-7-9-18(10-8-15)26(24,25)22-13-11-17(12-14-22)20(23)21-19-6-4-3-5-16(19)2/h7-11,16,19H,3-6,12-14H2,1-2H3,(H,21,23)/t16-,19-/m0/s1. The average Bonchev–Trinajstić information content (AvgIpc) is 2.64. The van der Waals surface area contributed by atoms with Gasteiger partial charge in [0.25, 0.3) is 0 Å². The van der Waals surface area contributed by atoms with E-state index in [0.29, 0.717) is 29.4 Å². The summed E-state index contributed by atoms with van der Waals surface area (Å²) >= 11 is 0. The molecule has 3 rings (SSSR count). The Balaban J connectivity index is 1.64. The summed E-state index contributed by atoms with van der Waals surface area (Å²) in [5, 5.41) is 3.15. The highest BCUT2D eigenvalue weighted by Crippen LogP contribution is 2.25. The molecule has 0 bridgehead atoms.